The molecule has 1 heterocycles. The second-order valence-corrected chi connectivity index (χ2v) is 8.93. The smallest absolute Gasteiger partial charge is 0.162 e. The lowest BCUT2D eigenvalue weighted by Crippen LogP contribution is -2.45. The van der Waals surface area contributed by atoms with Gasteiger partial charge in [0.05, 0.1) is 12.6 Å². The minimum atomic E-state index is -0.0770. The van der Waals surface area contributed by atoms with Gasteiger partial charge in [0, 0.05) is 29.4 Å². The van der Waals surface area contributed by atoms with E-state index in [4.69, 9.17) is 15.0 Å². The summed E-state index contributed by atoms with van der Waals surface area (Å²) in [6.45, 7) is 10.1. The predicted octanol–water partition coefficient (Wildman–Crippen LogP) is 7.08. The summed E-state index contributed by atoms with van der Waals surface area (Å²) < 4.78 is 12.3. The van der Waals surface area contributed by atoms with Crippen molar-refractivity contribution in [3.8, 4) is 0 Å². The van der Waals surface area contributed by atoms with Crippen molar-refractivity contribution in [2.75, 3.05) is 6.61 Å². The summed E-state index contributed by atoms with van der Waals surface area (Å²) in [4.78, 5) is 15.0. The van der Waals surface area contributed by atoms with Gasteiger partial charge in [-0.25, -0.2) is 0 Å². The Bertz CT molecular complexity index is 713. The molecular formula is C25H39N3O3. The Morgan fingerprint density at radius 3 is 2.39 bits per heavy atom. The van der Waals surface area contributed by atoms with E-state index in [1.807, 2.05) is 24.3 Å². The summed E-state index contributed by atoms with van der Waals surface area (Å²) in [5.41, 5.74) is 10.0. The third-order valence-electron chi connectivity index (χ3n) is 6.81. The Balaban J connectivity index is 1.56. The van der Waals surface area contributed by atoms with Gasteiger partial charge in [-0.2, -0.15) is 0 Å². The number of ether oxygens (including phenoxy) is 2. The number of carbonyl (C=O) groups is 1. The normalized spacial score (nSPS) is 25.7. The number of azide groups is 1. The number of carbonyl (C=O) groups excluding carboxylic acids is 1. The molecule has 1 saturated heterocycles. The highest BCUT2D eigenvalue weighted by Crippen LogP contribution is 2.36. The number of hydrogen-bond acceptors (Lipinski definition) is 4. The zero-order valence-corrected chi connectivity index (χ0v) is 19.6. The molecular weight excluding hydrogens is 390 g/mol. The molecule has 1 aromatic rings. The van der Waals surface area contributed by atoms with Crippen molar-refractivity contribution in [1.29, 1.82) is 0 Å². The van der Waals surface area contributed by atoms with Crippen molar-refractivity contribution in [1.82, 2.24) is 0 Å². The van der Waals surface area contributed by atoms with E-state index >= 15 is 0 Å². The molecule has 1 aromatic carbocycles. The summed E-state index contributed by atoms with van der Waals surface area (Å²) >= 11 is 0. The van der Waals surface area contributed by atoms with Gasteiger partial charge >= 0.3 is 0 Å². The van der Waals surface area contributed by atoms with E-state index in [1.165, 1.54) is 0 Å². The van der Waals surface area contributed by atoms with E-state index in [2.05, 4.69) is 37.7 Å². The Kier molecular flexibility index (Phi) is 11.1. The summed E-state index contributed by atoms with van der Waals surface area (Å²) in [5, 5.41) is 3.53. The van der Waals surface area contributed by atoms with Crippen LogP contribution in [-0.4, -0.2) is 24.8 Å². The van der Waals surface area contributed by atoms with Crippen LogP contribution in [0.5, 0.6) is 0 Å². The zero-order valence-electron chi connectivity index (χ0n) is 19.6. The molecule has 0 bridgehead atoms. The molecule has 0 spiro atoms. The first kappa shape index (κ1) is 25.4. The van der Waals surface area contributed by atoms with Gasteiger partial charge in [0.1, 0.15) is 0 Å². The number of ketones is 1. The maximum absolute atomic E-state index is 12.3. The van der Waals surface area contributed by atoms with E-state index in [0.717, 1.165) is 56.3 Å². The van der Waals surface area contributed by atoms with Crippen molar-refractivity contribution < 1.29 is 14.3 Å². The Morgan fingerprint density at radius 1 is 1.03 bits per heavy atom. The van der Waals surface area contributed by atoms with E-state index in [9.17, 15) is 4.79 Å². The van der Waals surface area contributed by atoms with Gasteiger partial charge in [0.15, 0.2) is 12.1 Å². The average molecular weight is 430 g/mol. The van der Waals surface area contributed by atoms with Crippen LogP contribution in [0.2, 0.25) is 0 Å². The minimum absolute atomic E-state index is 0.0770. The third-order valence-corrected chi connectivity index (χ3v) is 6.81. The zero-order chi connectivity index (χ0) is 22.6. The van der Waals surface area contributed by atoms with E-state index in [0.29, 0.717) is 36.8 Å². The van der Waals surface area contributed by atoms with Gasteiger partial charge in [-0.05, 0) is 42.2 Å². The van der Waals surface area contributed by atoms with E-state index in [-0.39, 0.29) is 12.1 Å². The summed E-state index contributed by atoms with van der Waals surface area (Å²) in [6, 6.07) is 7.34. The van der Waals surface area contributed by atoms with Gasteiger partial charge in [-0.1, -0.05) is 76.3 Å². The molecule has 0 radical (unpaired) electrons. The SMILES string of the molecule is CCC1O[C@@H](OCCCCCCCC(=O)c2ccc(CN=[N+]=[N-])cc2)C(C)[C@@H](C)[C@@H]1C. The summed E-state index contributed by atoms with van der Waals surface area (Å²) in [6.07, 6.45) is 7.09. The summed E-state index contributed by atoms with van der Waals surface area (Å²) in [7, 11) is 0. The maximum atomic E-state index is 12.3. The van der Waals surface area contributed by atoms with Gasteiger partial charge in [-0.3, -0.25) is 4.79 Å². The molecule has 31 heavy (non-hydrogen) atoms. The number of nitrogens with zero attached hydrogens (tertiary/aromatic N) is 3. The fourth-order valence-corrected chi connectivity index (χ4v) is 4.32. The van der Waals surface area contributed by atoms with Crippen LogP contribution in [0, 0.1) is 17.8 Å². The van der Waals surface area contributed by atoms with Crippen LogP contribution >= 0.6 is 0 Å². The van der Waals surface area contributed by atoms with Crippen LogP contribution < -0.4 is 0 Å². The van der Waals surface area contributed by atoms with Gasteiger partial charge in [0.25, 0.3) is 0 Å². The quantitative estimate of drug-likeness (QED) is 0.110. The molecule has 0 N–H and O–H groups in total. The highest BCUT2D eigenvalue weighted by Gasteiger charge is 2.38. The number of hydrogen-bond donors (Lipinski definition) is 0. The van der Waals surface area contributed by atoms with Gasteiger partial charge in [-0.15, -0.1) is 0 Å². The van der Waals surface area contributed by atoms with Crippen molar-refractivity contribution in [3.63, 3.8) is 0 Å². The average Bonchev–Trinajstić information content (AvgIpc) is 2.79. The van der Waals surface area contributed by atoms with Crippen LogP contribution in [0.15, 0.2) is 29.4 Å². The lowest BCUT2D eigenvalue weighted by atomic mass is 9.78. The first-order valence-corrected chi connectivity index (χ1v) is 11.9. The second kappa shape index (κ2) is 13.5. The maximum Gasteiger partial charge on any atom is 0.162 e. The largest absolute Gasteiger partial charge is 0.352 e. The molecule has 172 valence electrons. The molecule has 0 amide bonds. The van der Waals surface area contributed by atoms with Crippen molar-refractivity contribution >= 4 is 5.78 Å². The predicted molar refractivity (Wildman–Crippen MR) is 124 cm³/mol. The molecule has 1 aliphatic rings. The highest BCUT2D eigenvalue weighted by molar-refractivity contribution is 5.96. The van der Waals surface area contributed by atoms with Crippen LogP contribution in [-0.2, 0) is 16.0 Å². The van der Waals surface area contributed by atoms with Gasteiger partial charge < -0.3 is 9.47 Å². The molecule has 2 unspecified atom stereocenters. The molecule has 0 aliphatic carbocycles. The Labute approximate surface area is 187 Å². The fraction of sp³-hybridized carbons (Fsp3) is 0.720. The molecule has 0 aromatic heterocycles. The van der Waals surface area contributed by atoms with Crippen LogP contribution in [0.4, 0.5) is 0 Å². The number of unbranched alkanes of at least 4 members (excludes halogenated alkanes) is 4. The first-order chi connectivity index (χ1) is 15.0. The molecule has 1 fully saturated rings. The van der Waals surface area contributed by atoms with E-state index < -0.39 is 0 Å². The lowest BCUT2D eigenvalue weighted by molar-refractivity contribution is -0.248. The lowest BCUT2D eigenvalue weighted by Gasteiger charge is -2.43. The molecule has 2 rings (SSSR count). The van der Waals surface area contributed by atoms with Crippen LogP contribution in [0.1, 0.15) is 88.6 Å². The second-order valence-electron chi connectivity index (χ2n) is 8.93. The fourth-order valence-electron chi connectivity index (χ4n) is 4.32. The molecule has 0 saturated carbocycles. The Hall–Kier alpha value is -1.88. The van der Waals surface area contributed by atoms with Crippen LogP contribution in [0.3, 0.4) is 0 Å². The van der Waals surface area contributed by atoms with Crippen molar-refractivity contribution in [3.05, 3.63) is 45.8 Å². The van der Waals surface area contributed by atoms with Gasteiger partial charge in [0.2, 0.25) is 0 Å². The Morgan fingerprint density at radius 2 is 1.71 bits per heavy atom. The monoisotopic (exact) mass is 429 g/mol. The molecule has 1 aliphatic heterocycles. The van der Waals surface area contributed by atoms with E-state index in [1.54, 1.807) is 0 Å². The first-order valence-electron chi connectivity index (χ1n) is 11.9. The molecule has 6 heteroatoms. The van der Waals surface area contributed by atoms with Crippen LogP contribution in [0.25, 0.3) is 10.4 Å². The molecule has 5 atom stereocenters. The minimum Gasteiger partial charge on any atom is -0.352 e. The number of rotatable bonds is 13. The van der Waals surface area contributed by atoms with Crippen molar-refractivity contribution in [2.24, 2.45) is 22.9 Å². The molecule has 6 nitrogen and oxygen atoms in total. The topological polar surface area (TPSA) is 84.3 Å². The van der Waals surface area contributed by atoms with Crippen molar-refractivity contribution in [2.45, 2.75) is 91.6 Å². The highest BCUT2D eigenvalue weighted by atomic mass is 16.7. The third kappa shape index (κ3) is 7.95. The summed E-state index contributed by atoms with van der Waals surface area (Å²) in [5.74, 6) is 1.80. The number of benzene rings is 1. The number of Topliss-reactive ketones (excluding diaryl/α,β-unsaturated/α-hetero) is 1. The standard InChI is InChI=1S/C25H39N3O3/c1-5-24-19(3)18(2)20(4)25(31-24)30-16-10-8-6-7-9-11-23(29)22-14-12-21(13-15-22)17-27-28-26/h12-15,18-20,24-25H,5-11,16-17H2,1-4H3/t18-,19-,20?,24?,25+/m0/s1.